The number of likely N-dealkylation sites (tertiary alicyclic amines) is 1. The lowest BCUT2D eigenvalue weighted by atomic mass is 10.1. The minimum atomic E-state index is -0.856. The Labute approximate surface area is 122 Å². The molecule has 2 rings (SSSR count). The Hall–Kier alpha value is -2.18. The summed E-state index contributed by atoms with van der Waals surface area (Å²) in [5, 5.41) is 0. The molecular formula is C14H19F2N5. The number of hydrogen-bond donors (Lipinski definition) is 2. The molecule has 0 saturated carbocycles. The van der Waals surface area contributed by atoms with Crippen molar-refractivity contribution < 1.29 is 8.78 Å². The summed E-state index contributed by atoms with van der Waals surface area (Å²) in [6, 6.07) is 3.94. The molecule has 0 aromatic heterocycles. The number of nitrogens with zero attached hydrogens (tertiary/aromatic N) is 3. The van der Waals surface area contributed by atoms with E-state index in [4.69, 9.17) is 11.5 Å². The third kappa shape index (κ3) is 4.14. The van der Waals surface area contributed by atoms with Crippen LogP contribution in [-0.2, 0) is 6.67 Å². The molecule has 5 nitrogen and oxygen atoms in total. The van der Waals surface area contributed by atoms with E-state index in [1.807, 2.05) is 4.90 Å². The van der Waals surface area contributed by atoms with E-state index in [1.54, 1.807) is 0 Å². The van der Waals surface area contributed by atoms with Crippen LogP contribution in [0.15, 0.2) is 28.2 Å². The molecule has 0 radical (unpaired) electrons. The lowest BCUT2D eigenvalue weighted by molar-refractivity contribution is 0.339. The summed E-state index contributed by atoms with van der Waals surface area (Å²) in [5.74, 6) is -0.387. The molecule has 0 bridgehead atoms. The molecule has 0 aliphatic carbocycles. The predicted molar refractivity (Wildman–Crippen MR) is 79.5 cm³/mol. The van der Waals surface area contributed by atoms with Gasteiger partial charge in [0.15, 0.2) is 5.96 Å². The minimum Gasteiger partial charge on any atom is -0.369 e. The van der Waals surface area contributed by atoms with Gasteiger partial charge in [0.05, 0.1) is 5.69 Å². The molecule has 21 heavy (non-hydrogen) atoms. The first kappa shape index (κ1) is 15.2. The molecule has 114 valence electrons. The quantitative estimate of drug-likeness (QED) is 0.647. The highest BCUT2D eigenvalue weighted by atomic mass is 19.1. The lowest BCUT2D eigenvalue weighted by Gasteiger charge is -2.27. The second-order valence-electron chi connectivity index (χ2n) is 4.90. The van der Waals surface area contributed by atoms with Crippen LogP contribution < -0.4 is 11.5 Å². The van der Waals surface area contributed by atoms with Gasteiger partial charge in [0.2, 0.25) is 5.96 Å². The van der Waals surface area contributed by atoms with Crippen LogP contribution in [0.25, 0.3) is 0 Å². The monoisotopic (exact) mass is 295 g/mol. The third-order valence-corrected chi connectivity index (χ3v) is 3.33. The third-order valence-electron chi connectivity index (χ3n) is 3.33. The standard InChI is InChI=1S/C14H19F2N5/c15-9-10-4-5-11(8-12(10)16)19-13(17)20-14(18)21-6-2-1-3-7-21/h4-5,8H,1-3,6-7,9H2,(H4,17,18,19,20). The number of aliphatic imine (C=N–C) groups is 2. The number of rotatable bonds is 2. The summed E-state index contributed by atoms with van der Waals surface area (Å²) in [5.41, 5.74) is 11.8. The van der Waals surface area contributed by atoms with Gasteiger partial charge in [0, 0.05) is 24.7 Å². The van der Waals surface area contributed by atoms with Crippen molar-refractivity contribution in [2.45, 2.75) is 25.9 Å². The first-order valence-corrected chi connectivity index (χ1v) is 6.88. The summed E-state index contributed by atoms with van der Waals surface area (Å²) >= 11 is 0. The normalized spacial score (nSPS) is 17.1. The fourth-order valence-electron chi connectivity index (χ4n) is 2.18. The molecule has 0 spiro atoms. The largest absolute Gasteiger partial charge is 0.369 e. The molecule has 1 aliphatic heterocycles. The van der Waals surface area contributed by atoms with E-state index in [0.717, 1.165) is 32.0 Å². The second-order valence-corrected chi connectivity index (χ2v) is 4.90. The first-order chi connectivity index (χ1) is 10.1. The maximum Gasteiger partial charge on any atom is 0.223 e. The van der Waals surface area contributed by atoms with Crippen LogP contribution in [0.4, 0.5) is 14.5 Å². The topological polar surface area (TPSA) is 80.0 Å². The van der Waals surface area contributed by atoms with Gasteiger partial charge in [-0.2, -0.15) is 4.99 Å². The molecule has 1 saturated heterocycles. The number of nitrogens with two attached hydrogens (primary N) is 2. The molecule has 0 atom stereocenters. The van der Waals surface area contributed by atoms with Crippen LogP contribution in [-0.4, -0.2) is 29.9 Å². The van der Waals surface area contributed by atoms with Crippen LogP contribution in [0.5, 0.6) is 0 Å². The molecule has 0 amide bonds. The molecule has 1 aromatic carbocycles. The van der Waals surface area contributed by atoms with E-state index in [0.29, 0.717) is 5.96 Å². The Balaban J connectivity index is 2.10. The van der Waals surface area contributed by atoms with Gasteiger partial charge in [-0.3, -0.25) is 0 Å². The van der Waals surface area contributed by atoms with Gasteiger partial charge in [-0.15, -0.1) is 0 Å². The Kier molecular flexibility index (Phi) is 5.08. The first-order valence-electron chi connectivity index (χ1n) is 6.88. The van der Waals surface area contributed by atoms with Gasteiger partial charge in [-0.1, -0.05) is 6.07 Å². The molecule has 1 aromatic rings. The zero-order valence-corrected chi connectivity index (χ0v) is 11.7. The van der Waals surface area contributed by atoms with Gasteiger partial charge in [0.1, 0.15) is 12.5 Å². The Morgan fingerprint density at radius 1 is 1.19 bits per heavy atom. The van der Waals surface area contributed by atoms with E-state index in [-0.39, 0.29) is 17.2 Å². The highest BCUT2D eigenvalue weighted by molar-refractivity contribution is 5.94. The van der Waals surface area contributed by atoms with Crippen molar-refractivity contribution in [3.8, 4) is 0 Å². The fourth-order valence-corrected chi connectivity index (χ4v) is 2.18. The van der Waals surface area contributed by atoms with E-state index in [9.17, 15) is 8.78 Å². The molecule has 0 unspecified atom stereocenters. The number of alkyl halides is 1. The number of hydrogen-bond acceptors (Lipinski definition) is 1. The maximum atomic E-state index is 13.4. The van der Waals surface area contributed by atoms with Crippen LogP contribution in [0, 0.1) is 5.82 Å². The SMILES string of the molecule is NC(=Nc1ccc(CF)c(F)c1)N=C(N)N1CCCCC1. The number of guanidine groups is 2. The van der Waals surface area contributed by atoms with Gasteiger partial charge in [-0.05, 0) is 25.3 Å². The van der Waals surface area contributed by atoms with Crippen molar-refractivity contribution in [2.75, 3.05) is 13.1 Å². The Bertz CT molecular complexity index is 550. The van der Waals surface area contributed by atoms with Crippen LogP contribution in [0.2, 0.25) is 0 Å². The molecule has 1 heterocycles. The van der Waals surface area contributed by atoms with E-state index in [2.05, 4.69) is 9.98 Å². The van der Waals surface area contributed by atoms with Gasteiger partial charge in [0.25, 0.3) is 0 Å². The van der Waals surface area contributed by atoms with Crippen molar-refractivity contribution in [1.82, 2.24) is 4.90 Å². The summed E-state index contributed by atoms with van der Waals surface area (Å²) < 4.78 is 25.8. The van der Waals surface area contributed by atoms with Crippen molar-refractivity contribution >= 4 is 17.6 Å². The minimum absolute atomic E-state index is 0.0103. The average molecular weight is 295 g/mol. The van der Waals surface area contributed by atoms with Crippen molar-refractivity contribution in [1.29, 1.82) is 0 Å². The Morgan fingerprint density at radius 3 is 2.52 bits per heavy atom. The van der Waals surface area contributed by atoms with Crippen LogP contribution in [0.1, 0.15) is 24.8 Å². The number of piperidine rings is 1. The zero-order chi connectivity index (χ0) is 15.2. The van der Waals surface area contributed by atoms with E-state index >= 15 is 0 Å². The van der Waals surface area contributed by atoms with Gasteiger partial charge in [-0.25, -0.2) is 13.8 Å². The number of halogens is 2. The molecule has 7 heteroatoms. The predicted octanol–water partition coefficient (Wildman–Crippen LogP) is 2.04. The lowest BCUT2D eigenvalue weighted by Crippen LogP contribution is -2.41. The second kappa shape index (κ2) is 7.01. The summed E-state index contributed by atoms with van der Waals surface area (Å²) in [6.07, 6.45) is 3.33. The maximum absolute atomic E-state index is 13.4. The van der Waals surface area contributed by atoms with E-state index in [1.165, 1.54) is 18.6 Å². The fraction of sp³-hybridized carbons (Fsp3) is 0.429. The molecule has 1 aliphatic rings. The Morgan fingerprint density at radius 2 is 1.90 bits per heavy atom. The summed E-state index contributed by atoms with van der Waals surface area (Å²) in [6.45, 7) is 0.843. The molecule has 4 N–H and O–H groups in total. The summed E-state index contributed by atoms with van der Waals surface area (Å²) in [4.78, 5) is 9.93. The van der Waals surface area contributed by atoms with Crippen molar-refractivity contribution in [2.24, 2.45) is 21.5 Å². The van der Waals surface area contributed by atoms with Crippen molar-refractivity contribution in [3.05, 3.63) is 29.6 Å². The zero-order valence-electron chi connectivity index (χ0n) is 11.7. The van der Waals surface area contributed by atoms with Gasteiger partial charge < -0.3 is 16.4 Å². The smallest absolute Gasteiger partial charge is 0.223 e. The molecular weight excluding hydrogens is 276 g/mol. The van der Waals surface area contributed by atoms with Crippen LogP contribution >= 0.6 is 0 Å². The summed E-state index contributed by atoms with van der Waals surface area (Å²) in [7, 11) is 0. The van der Waals surface area contributed by atoms with Gasteiger partial charge >= 0.3 is 0 Å². The van der Waals surface area contributed by atoms with Crippen LogP contribution in [0.3, 0.4) is 0 Å². The number of benzene rings is 1. The average Bonchev–Trinajstić information content (AvgIpc) is 2.48. The van der Waals surface area contributed by atoms with Crippen molar-refractivity contribution in [3.63, 3.8) is 0 Å². The van der Waals surface area contributed by atoms with E-state index < -0.39 is 12.5 Å². The highest BCUT2D eigenvalue weighted by Gasteiger charge is 2.12. The molecule has 1 fully saturated rings. The highest BCUT2D eigenvalue weighted by Crippen LogP contribution is 2.18.